The Kier molecular flexibility index (Phi) is 2.43. The van der Waals surface area contributed by atoms with Crippen molar-refractivity contribution in [3.05, 3.63) is 24.3 Å². The number of carbonyl (C=O) groups is 2. The van der Waals surface area contributed by atoms with E-state index >= 15 is 0 Å². The Bertz CT molecular complexity index is 553. The van der Waals surface area contributed by atoms with E-state index in [0.717, 1.165) is 12.8 Å². The van der Waals surface area contributed by atoms with Gasteiger partial charge in [-0.15, -0.1) is 0 Å². The molecule has 19 heavy (non-hydrogen) atoms. The first-order valence-corrected chi connectivity index (χ1v) is 6.75. The predicted molar refractivity (Wildman–Crippen MR) is 69.5 cm³/mol. The van der Waals surface area contributed by atoms with Crippen molar-refractivity contribution in [2.75, 3.05) is 0 Å². The van der Waals surface area contributed by atoms with Crippen molar-refractivity contribution in [2.45, 2.75) is 33.6 Å². The molecule has 2 saturated carbocycles. The minimum Gasteiger partial charge on any atom is -0.298 e. The molecule has 2 aliphatic carbocycles. The molecule has 2 bridgehead atoms. The van der Waals surface area contributed by atoms with Crippen LogP contribution in [0.4, 0.5) is 0 Å². The van der Waals surface area contributed by atoms with Gasteiger partial charge in [0.05, 0.1) is 5.92 Å². The second-order valence-corrected chi connectivity index (χ2v) is 6.48. The van der Waals surface area contributed by atoms with Gasteiger partial charge >= 0.3 is 0 Å². The van der Waals surface area contributed by atoms with E-state index in [1.54, 1.807) is 18.5 Å². The molecule has 1 heterocycles. The zero-order valence-corrected chi connectivity index (χ0v) is 11.5. The molecule has 3 atom stereocenters. The average molecular weight is 258 g/mol. The van der Waals surface area contributed by atoms with Crippen LogP contribution < -0.4 is 0 Å². The largest absolute Gasteiger partial charge is 0.298 e. The molecule has 0 saturated heterocycles. The Hall–Kier alpha value is -1.58. The summed E-state index contributed by atoms with van der Waals surface area (Å²) in [4.78, 5) is 33.2. The minimum atomic E-state index is -0.545. The number of fused-ring (bicyclic) bond motifs is 2. The Labute approximate surface area is 112 Å². The quantitative estimate of drug-likeness (QED) is 0.603. The lowest BCUT2D eigenvalue weighted by atomic mass is 9.70. The van der Waals surface area contributed by atoms with Crippen LogP contribution in [-0.2, 0) is 4.79 Å². The SMILES string of the molecule is CC1(C)[C@H]2CC[C@]1(C)C(=O)[C@@H]2C(=O)c1ncccn1. The Morgan fingerprint density at radius 3 is 2.42 bits per heavy atom. The van der Waals surface area contributed by atoms with Gasteiger partial charge in [-0.25, -0.2) is 9.97 Å². The van der Waals surface area contributed by atoms with Gasteiger partial charge in [0.1, 0.15) is 0 Å². The summed E-state index contributed by atoms with van der Waals surface area (Å²) in [6.45, 7) is 6.23. The maximum atomic E-state index is 12.6. The fourth-order valence-corrected chi connectivity index (χ4v) is 3.95. The number of hydrogen-bond donors (Lipinski definition) is 0. The fourth-order valence-electron chi connectivity index (χ4n) is 3.95. The number of rotatable bonds is 2. The highest BCUT2D eigenvalue weighted by atomic mass is 16.2. The number of aromatic nitrogens is 2. The van der Waals surface area contributed by atoms with E-state index in [1.165, 1.54) is 0 Å². The van der Waals surface area contributed by atoms with Crippen molar-refractivity contribution in [1.29, 1.82) is 0 Å². The number of ketones is 2. The van der Waals surface area contributed by atoms with Gasteiger partial charge in [-0.1, -0.05) is 20.8 Å². The molecule has 0 spiro atoms. The first kappa shape index (κ1) is 12.5. The highest BCUT2D eigenvalue weighted by molar-refractivity contribution is 6.13. The van der Waals surface area contributed by atoms with Gasteiger partial charge in [0, 0.05) is 17.8 Å². The highest BCUT2D eigenvalue weighted by Gasteiger charge is 2.67. The summed E-state index contributed by atoms with van der Waals surface area (Å²) in [5.41, 5.74) is -0.480. The first-order chi connectivity index (χ1) is 8.89. The van der Waals surface area contributed by atoms with Crippen molar-refractivity contribution in [2.24, 2.45) is 22.7 Å². The zero-order valence-electron chi connectivity index (χ0n) is 11.5. The van der Waals surface area contributed by atoms with Crippen molar-refractivity contribution in [1.82, 2.24) is 9.97 Å². The molecule has 2 aliphatic rings. The van der Waals surface area contributed by atoms with Gasteiger partial charge in [0.2, 0.25) is 5.78 Å². The highest BCUT2D eigenvalue weighted by Crippen LogP contribution is 2.65. The first-order valence-electron chi connectivity index (χ1n) is 6.75. The van der Waals surface area contributed by atoms with Gasteiger partial charge < -0.3 is 0 Å². The molecule has 0 unspecified atom stereocenters. The summed E-state index contributed by atoms with van der Waals surface area (Å²) < 4.78 is 0. The zero-order chi connectivity index (χ0) is 13.8. The van der Waals surface area contributed by atoms with E-state index in [0.29, 0.717) is 0 Å². The Balaban J connectivity index is 2.01. The van der Waals surface area contributed by atoms with E-state index in [-0.39, 0.29) is 34.1 Å². The van der Waals surface area contributed by atoms with E-state index in [4.69, 9.17) is 0 Å². The molecular formula is C15H18N2O2. The molecule has 1 aromatic heterocycles. The normalized spacial score (nSPS) is 35.6. The van der Waals surface area contributed by atoms with E-state index < -0.39 is 5.92 Å². The third kappa shape index (κ3) is 1.40. The van der Waals surface area contributed by atoms with Crippen molar-refractivity contribution >= 4 is 11.6 Å². The molecule has 3 rings (SSSR count). The summed E-state index contributed by atoms with van der Waals surface area (Å²) >= 11 is 0. The van der Waals surface area contributed by atoms with Crippen LogP contribution in [0.1, 0.15) is 44.2 Å². The topological polar surface area (TPSA) is 59.9 Å². The van der Waals surface area contributed by atoms with Crippen LogP contribution in [0.15, 0.2) is 18.5 Å². The lowest BCUT2D eigenvalue weighted by Crippen LogP contribution is -2.35. The van der Waals surface area contributed by atoms with E-state index in [9.17, 15) is 9.59 Å². The van der Waals surface area contributed by atoms with Gasteiger partial charge in [0.15, 0.2) is 11.6 Å². The Morgan fingerprint density at radius 1 is 1.26 bits per heavy atom. The Morgan fingerprint density at radius 2 is 1.89 bits per heavy atom. The summed E-state index contributed by atoms with van der Waals surface area (Å²) in [6, 6.07) is 1.67. The van der Waals surface area contributed by atoms with Gasteiger partial charge in [0.25, 0.3) is 0 Å². The standard InChI is InChI=1S/C15H18N2O2/c1-14(2)9-5-6-15(14,3)12(19)10(9)11(18)13-16-7-4-8-17-13/h4,7-10H,5-6H2,1-3H3/t9-,10-,15+/m0/s1. The second kappa shape index (κ2) is 3.71. The van der Waals surface area contributed by atoms with E-state index in [1.807, 2.05) is 6.92 Å². The molecule has 2 fully saturated rings. The maximum Gasteiger partial charge on any atom is 0.210 e. The molecule has 4 heteroatoms. The third-order valence-electron chi connectivity index (χ3n) is 5.60. The van der Waals surface area contributed by atoms with Crippen LogP contribution in [-0.4, -0.2) is 21.5 Å². The summed E-state index contributed by atoms with van der Waals surface area (Å²) in [6.07, 6.45) is 4.93. The summed E-state index contributed by atoms with van der Waals surface area (Å²) in [7, 11) is 0. The predicted octanol–water partition coefficient (Wildman–Crippen LogP) is 2.30. The number of carbonyl (C=O) groups excluding carboxylic acids is 2. The number of nitrogens with zero attached hydrogens (tertiary/aromatic N) is 2. The number of Topliss-reactive ketones (excluding diaryl/α,β-unsaturated/α-hetero) is 2. The third-order valence-corrected chi connectivity index (χ3v) is 5.60. The van der Waals surface area contributed by atoms with Crippen LogP contribution in [0.25, 0.3) is 0 Å². The minimum absolute atomic E-state index is 0.0891. The van der Waals surface area contributed by atoms with E-state index in [2.05, 4.69) is 23.8 Å². The van der Waals surface area contributed by atoms with Gasteiger partial charge in [-0.3, -0.25) is 9.59 Å². The molecule has 1 aromatic rings. The lowest BCUT2D eigenvalue weighted by molar-refractivity contribution is -0.130. The molecule has 100 valence electrons. The van der Waals surface area contributed by atoms with Crippen LogP contribution >= 0.6 is 0 Å². The molecule has 0 N–H and O–H groups in total. The van der Waals surface area contributed by atoms with Gasteiger partial charge in [-0.05, 0) is 30.2 Å². The number of hydrogen-bond acceptors (Lipinski definition) is 4. The van der Waals surface area contributed by atoms with Crippen LogP contribution in [0.5, 0.6) is 0 Å². The molecule has 0 aromatic carbocycles. The molecular weight excluding hydrogens is 240 g/mol. The van der Waals surface area contributed by atoms with Crippen molar-refractivity contribution < 1.29 is 9.59 Å². The van der Waals surface area contributed by atoms with Crippen molar-refractivity contribution in [3.63, 3.8) is 0 Å². The average Bonchev–Trinajstić information content (AvgIpc) is 2.71. The van der Waals surface area contributed by atoms with Crippen LogP contribution in [0.2, 0.25) is 0 Å². The molecule has 0 aliphatic heterocycles. The smallest absolute Gasteiger partial charge is 0.210 e. The van der Waals surface area contributed by atoms with Gasteiger partial charge in [-0.2, -0.15) is 0 Å². The molecule has 0 amide bonds. The summed E-state index contributed by atoms with van der Waals surface area (Å²) in [5, 5.41) is 0. The van der Waals surface area contributed by atoms with Crippen LogP contribution in [0.3, 0.4) is 0 Å². The molecule has 0 radical (unpaired) electrons. The van der Waals surface area contributed by atoms with Crippen LogP contribution in [0, 0.1) is 22.7 Å². The lowest BCUT2D eigenvalue weighted by Gasteiger charge is -2.32. The second-order valence-electron chi connectivity index (χ2n) is 6.48. The maximum absolute atomic E-state index is 12.6. The fraction of sp³-hybridized carbons (Fsp3) is 0.600. The van der Waals surface area contributed by atoms with Crippen molar-refractivity contribution in [3.8, 4) is 0 Å². The monoisotopic (exact) mass is 258 g/mol. The summed E-state index contributed by atoms with van der Waals surface area (Å²) in [5.74, 6) is -0.358. The molecule has 4 nitrogen and oxygen atoms in total.